The van der Waals surface area contributed by atoms with Crippen molar-refractivity contribution < 1.29 is 9.53 Å². The number of benzene rings is 2. The number of aromatic nitrogens is 4. The number of rotatable bonds is 7. The van der Waals surface area contributed by atoms with Crippen molar-refractivity contribution in [3.8, 4) is 11.4 Å². The van der Waals surface area contributed by atoms with Gasteiger partial charge in [0.15, 0.2) is 0 Å². The number of tetrazole rings is 1. The van der Waals surface area contributed by atoms with Gasteiger partial charge < -0.3 is 10.1 Å². The molecular weight excluding hydrogens is 374 g/mol. The molecule has 0 radical (unpaired) electrons. The average Bonchev–Trinajstić information content (AvgIpc) is 3.14. The van der Waals surface area contributed by atoms with Crippen molar-refractivity contribution in [2.75, 3.05) is 7.11 Å². The maximum Gasteiger partial charge on any atom is 0.233 e. The Morgan fingerprint density at radius 2 is 1.86 bits per heavy atom. The van der Waals surface area contributed by atoms with Crippen LogP contribution >= 0.6 is 11.8 Å². The maximum atomic E-state index is 12.5. The van der Waals surface area contributed by atoms with Crippen molar-refractivity contribution in [1.82, 2.24) is 25.5 Å². The summed E-state index contributed by atoms with van der Waals surface area (Å²) in [5.41, 5.74) is 4.10. The van der Waals surface area contributed by atoms with E-state index in [1.165, 1.54) is 11.8 Å². The Morgan fingerprint density at radius 3 is 2.50 bits per heavy atom. The fourth-order valence-corrected chi connectivity index (χ4v) is 3.64. The zero-order chi connectivity index (χ0) is 20.1. The van der Waals surface area contributed by atoms with Crippen molar-refractivity contribution in [3.63, 3.8) is 0 Å². The van der Waals surface area contributed by atoms with Crippen molar-refractivity contribution in [1.29, 1.82) is 0 Å². The van der Waals surface area contributed by atoms with Gasteiger partial charge in [0.05, 0.1) is 18.0 Å². The van der Waals surface area contributed by atoms with Crippen LogP contribution in [0.15, 0.2) is 47.6 Å². The summed E-state index contributed by atoms with van der Waals surface area (Å²) in [7, 11) is 1.63. The van der Waals surface area contributed by atoms with Crippen molar-refractivity contribution in [3.05, 3.63) is 59.2 Å². The van der Waals surface area contributed by atoms with Gasteiger partial charge in [0, 0.05) is 6.54 Å². The minimum Gasteiger partial charge on any atom is -0.497 e. The number of hydrogen-bond donors (Lipinski definition) is 1. The molecule has 0 aliphatic carbocycles. The van der Waals surface area contributed by atoms with Gasteiger partial charge in [-0.25, -0.2) is 0 Å². The number of thioether (sulfide) groups is 1. The summed E-state index contributed by atoms with van der Waals surface area (Å²) >= 11 is 1.33. The van der Waals surface area contributed by atoms with Crippen LogP contribution in [0.2, 0.25) is 0 Å². The van der Waals surface area contributed by atoms with E-state index in [1.54, 1.807) is 11.8 Å². The molecule has 1 N–H and O–H groups in total. The Bertz CT molecular complexity index is 935. The molecule has 3 aromatic rings. The molecule has 28 heavy (non-hydrogen) atoms. The number of carbonyl (C=O) groups excluding carboxylic acids is 1. The van der Waals surface area contributed by atoms with Crippen LogP contribution in [0.4, 0.5) is 0 Å². The minimum absolute atomic E-state index is 0.0723. The highest BCUT2D eigenvalue weighted by Crippen LogP contribution is 2.26. The first-order chi connectivity index (χ1) is 13.5. The van der Waals surface area contributed by atoms with E-state index >= 15 is 0 Å². The number of carbonyl (C=O) groups is 1. The second-order valence-corrected chi connectivity index (χ2v) is 7.75. The van der Waals surface area contributed by atoms with Crippen LogP contribution in [0.1, 0.15) is 23.6 Å². The van der Waals surface area contributed by atoms with Crippen LogP contribution in [0.25, 0.3) is 5.69 Å². The second kappa shape index (κ2) is 8.88. The maximum absolute atomic E-state index is 12.5. The van der Waals surface area contributed by atoms with Gasteiger partial charge in [0.25, 0.3) is 0 Å². The third-order valence-corrected chi connectivity index (χ3v) is 5.40. The lowest BCUT2D eigenvalue weighted by Gasteiger charge is -2.14. The Kier molecular flexibility index (Phi) is 6.30. The Morgan fingerprint density at radius 1 is 1.18 bits per heavy atom. The monoisotopic (exact) mass is 397 g/mol. The second-order valence-electron chi connectivity index (χ2n) is 6.44. The summed E-state index contributed by atoms with van der Waals surface area (Å²) in [5, 5.41) is 15.2. The molecule has 0 bridgehead atoms. The van der Waals surface area contributed by atoms with E-state index in [1.807, 2.05) is 63.2 Å². The molecule has 7 nitrogen and oxygen atoms in total. The lowest BCUT2D eigenvalue weighted by Crippen LogP contribution is -2.30. The number of nitrogens with zero attached hydrogens (tertiary/aromatic N) is 4. The van der Waals surface area contributed by atoms with Crippen LogP contribution < -0.4 is 10.1 Å². The molecular formula is C20H23N5O2S. The topological polar surface area (TPSA) is 81.9 Å². The highest BCUT2D eigenvalue weighted by atomic mass is 32.2. The molecule has 0 saturated heterocycles. The van der Waals surface area contributed by atoms with Crippen molar-refractivity contribution in [2.24, 2.45) is 0 Å². The predicted octanol–water partition coefficient (Wildman–Crippen LogP) is 3.08. The Labute approximate surface area is 168 Å². The van der Waals surface area contributed by atoms with E-state index in [-0.39, 0.29) is 11.2 Å². The predicted molar refractivity (Wildman–Crippen MR) is 109 cm³/mol. The smallest absolute Gasteiger partial charge is 0.233 e. The molecule has 1 heterocycles. The molecule has 0 fully saturated rings. The van der Waals surface area contributed by atoms with Gasteiger partial charge in [-0.15, -0.1) is 5.10 Å². The molecule has 1 amide bonds. The minimum atomic E-state index is -0.340. The van der Waals surface area contributed by atoms with Gasteiger partial charge in [0.2, 0.25) is 11.1 Å². The summed E-state index contributed by atoms with van der Waals surface area (Å²) in [6.07, 6.45) is 0. The van der Waals surface area contributed by atoms with Gasteiger partial charge in [-0.1, -0.05) is 42.1 Å². The lowest BCUT2D eigenvalue weighted by atomic mass is 10.1. The number of ether oxygens (including phenoxy) is 1. The molecule has 0 aliphatic heterocycles. The summed E-state index contributed by atoms with van der Waals surface area (Å²) in [4.78, 5) is 12.5. The first kappa shape index (κ1) is 19.9. The van der Waals surface area contributed by atoms with Gasteiger partial charge in [0.1, 0.15) is 5.75 Å². The van der Waals surface area contributed by atoms with E-state index in [2.05, 4.69) is 20.8 Å². The van der Waals surface area contributed by atoms with Gasteiger partial charge in [-0.3, -0.25) is 4.79 Å². The summed E-state index contributed by atoms with van der Waals surface area (Å²) in [6, 6.07) is 13.6. The molecule has 0 spiro atoms. The normalized spacial score (nSPS) is 11.9. The zero-order valence-electron chi connectivity index (χ0n) is 16.3. The number of hydrogen-bond acceptors (Lipinski definition) is 6. The largest absolute Gasteiger partial charge is 0.497 e. The first-order valence-electron chi connectivity index (χ1n) is 8.92. The molecule has 0 aliphatic rings. The van der Waals surface area contributed by atoms with E-state index in [9.17, 15) is 4.79 Å². The number of methoxy groups -OCH3 is 1. The van der Waals surface area contributed by atoms with Crippen molar-refractivity contribution >= 4 is 17.7 Å². The molecule has 2 aromatic carbocycles. The third-order valence-electron chi connectivity index (χ3n) is 4.37. The molecule has 0 saturated carbocycles. The number of aryl methyl sites for hydroxylation is 2. The lowest BCUT2D eigenvalue weighted by molar-refractivity contribution is -0.120. The van der Waals surface area contributed by atoms with E-state index in [4.69, 9.17) is 4.74 Å². The summed E-state index contributed by atoms with van der Waals surface area (Å²) in [6.45, 7) is 6.33. The third kappa shape index (κ3) is 4.51. The van der Waals surface area contributed by atoms with Crippen molar-refractivity contribution in [2.45, 2.75) is 37.7 Å². The highest BCUT2D eigenvalue weighted by molar-refractivity contribution is 8.00. The fourth-order valence-electron chi connectivity index (χ4n) is 2.82. The van der Waals surface area contributed by atoms with Crippen LogP contribution in [0, 0.1) is 13.8 Å². The van der Waals surface area contributed by atoms with Crippen LogP contribution in [0.3, 0.4) is 0 Å². The number of para-hydroxylation sites is 1. The standard InChI is InChI=1S/C20H23N5O2S/c1-13-6-5-7-14(2)18(13)25-20(22-23-24-25)28-15(3)19(26)21-12-16-8-10-17(27-4)11-9-16/h5-11,15H,12H2,1-4H3,(H,21,26)/t15-/m0/s1. The summed E-state index contributed by atoms with van der Waals surface area (Å²) in [5.74, 6) is 0.717. The zero-order valence-corrected chi connectivity index (χ0v) is 17.2. The molecule has 146 valence electrons. The van der Waals surface area contributed by atoms with Crippen LogP contribution in [0.5, 0.6) is 5.75 Å². The average molecular weight is 398 g/mol. The molecule has 0 unspecified atom stereocenters. The quantitative estimate of drug-likeness (QED) is 0.617. The molecule has 1 atom stereocenters. The van der Waals surface area contributed by atoms with Crippen LogP contribution in [-0.2, 0) is 11.3 Å². The fraction of sp³-hybridized carbons (Fsp3) is 0.300. The van der Waals surface area contributed by atoms with Gasteiger partial charge in [-0.2, -0.15) is 4.68 Å². The number of nitrogens with one attached hydrogen (secondary N) is 1. The SMILES string of the molecule is COc1ccc(CNC(=O)[C@H](C)Sc2nnnn2-c2c(C)cccc2C)cc1. The van der Waals surface area contributed by atoms with Gasteiger partial charge >= 0.3 is 0 Å². The summed E-state index contributed by atoms with van der Waals surface area (Å²) < 4.78 is 6.84. The van der Waals surface area contributed by atoms with E-state index in [0.29, 0.717) is 11.7 Å². The number of amides is 1. The Hall–Kier alpha value is -2.87. The molecule has 3 rings (SSSR count). The molecule has 8 heteroatoms. The van der Waals surface area contributed by atoms with E-state index < -0.39 is 0 Å². The first-order valence-corrected chi connectivity index (χ1v) is 9.80. The Balaban J connectivity index is 1.65. The molecule has 1 aromatic heterocycles. The van der Waals surface area contributed by atoms with Gasteiger partial charge in [-0.05, 0) is 60.0 Å². The highest BCUT2D eigenvalue weighted by Gasteiger charge is 2.20. The van der Waals surface area contributed by atoms with Crippen LogP contribution in [-0.4, -0.2) is 38.5 Å². The van der Waals surface area contributed by atoms with E-state index in [0.717, 1.165) is 28.1 Å².